The summed E-state index contributed by atoms with van der Waals surface area (Å²) in [5.74, 6) is 0. The van der Waals surface area contributed by atoms with E-state index < -0.39 is 8.80 Å². The highest BCUT2D eigenvalue weighted by atomic mass is 28.3. The summed E-state index contributed by atoms with van der Waals surface area (Å²) >= 11 is 0. The van der Waals surface area contributed by atoms with Crippen molar-refractivity contribution >= 4 is 24.4 Å². The van der Waals surface area contributed by atoms with Gasteiger partial charge in [-0.15, -0.1) is 0 Å². The first-order valence-electron chi connectivity index (χ1n) is 7.73. The van der Waals surface area contributed by atoms with E-state index in [1.165, 1.54) is 32.3 Å². The van der Waals surface area contributed by atoms with Gasteiger partial charge >= 0.3 is 8.80 Å². The summed E-state index contributed by atoms with van der Waals surface area (Å²) in [5.41, 5.74) is 4.17. The predicted octanol–water partition coefficient (Wildman–Crippen LogP) is 3.13. The van der Waals surface area contributed by atoms with Gasteiger partial charge in [-0.25, -0.2) is 0 Å². The highest BCUT2D eigenvalue weighted by molar-refractivity contribution is 6.96. The summed E-state index contributed by atoms with van der Waals surface area (Å²) in [6, 6.07) is 26.5. The molecule has 3 aromatic rings. The van der Waals surface area contributed by atoms with Crippen molar-refractivity contribution in [3.05, 3.63) is 89.5 Å². The van der Waals surface area contributed by atoms with Crippen molar-refractivity contribution in [2.45, 2.75) is 20.8 Å². The van der Waals surface area contributed by atoms with Crippen LogP contribution in [0, 0.1) is 20.8 Å². The maximum Gasteiger partial charge on any atom is 0.429 e. The summed E-state index contributed by atoms with van der Waals surface area (Å²) in [4.78, 5) is 0. The van der Waals surface area contributed by atoms with E-state index >= 15 is 0 Å². The van der Waals surface area contributed by atoms with Crippen LogP contribution in [0.4, 0.5) is 0 Å². The summed E-state index contributed by atoms with van der Waals surface area (Å²) in [5, 5.41) is 4.49. The molecule has 0 aliphatic carbocycles. The lowest BCUT2D eigenvalue weighted by atomic mass is 10.2. The Morgan fingerprint density at radius 2 is 0.727 bits per heavy atom. The minimum Gasteiger partial charge on any atom is -0.0618 e. The van der Waals surface area contributed by atoms with E-state index in [2.05, 4.69) is 93.6 Å². The standard InChI is InChI=1S/C21H21Si/c1-16-10-4-7-13-19(16)22(20-14-8-5-11-17(20)2)21-15-9-6-12-18(21)3/h4-15H,1-3H3/q+1. The third-order valence-corrected chi connectivity index (χ3v) is 7.54. The number of hydrogen-bond donors (Lipinski definition) is 0. The van der Waals surface area contributed by atoms with E-state index in [0.29, 0.717) is 0 Å². The Hall–Kier alpha value is -2.12. The van der Waals surface area contributed by atoms with E-state index in [4.69, 9.17) is 0 Å². The lowest BCUT2D eigenvalue weighted by molar-refractivity contribution is 1.47. The Labute approximate surface area is 135 Å². The van der Waals surface area contributed by atoms with Crippen LogP contribution in [0.2, 0.25) is 0 Å². The molecule has 0 N–H and O–H groups in total. The second kappa shape index (κ2) is 6.33. The van der Waals surface area contributed by atoms with Gasteiger partial charge in [0, 0.05) is 0 Å². The third kappa shape index (κ3) is 2.77. The van der Waals surface area contributed by atoms with Crippen molar-refractivity contribution < 1.29 is 0 Å². The fraction of sp³-hybridized carbons (Fsp3) is 0.143. The molecule has 0 spiro atoms. The van der Waals surface area contributed by atoms with Gasteiger partial charge in [0.15, 0.2) is 0 Å². The van der Waals surface area contributed by atoms with Crippen molar-refractivity contribution in [1.82, 2.24) is 0 Å². The number of hydrogen-bond acceptors (Lipinski definition) is 0. The monoisotopic (exact) mass is 301 g/mol. The van der Waals surface area contributed by atoms with Crippen molar-refractivity contribution in [1.29, 1.82) is 0 Å². The molecule has 0 amide bonds. The molecule has 0 saturated heterocycles. The summed E-state index contributed by atoms with van der Waals surface area (Å²) in [6.45, 7) is 6.70. The van der Waals surface area contributed by atoms with Crippen molar-refractivity contribution in [2.24, 2.45) is 0 Å². The molecule has 0 aromatic heterocycles. The molecule has 1 heteroatoms. The molecule has 3 aromatic carbocycles. The molecular formula is C21H21Si+. The number of rotatable bonds is 3. The summed E-state index contributed by atoms with van der Waals surface area (Å²) in [6.07, 6.45) is 0. The van der Waals surface area contributed by atoms with Crippen LogP contribution in [0.25, 0.3) is 0 Å². The van der Waals surface area contributed by atoms with Crippen LogP contribution in [-0.4, -0.2) is 8.80 Å². The molecule has 0 fully saturated rings. The second-order valence-corrected chi connectivity index (χ2v) is 8.19. The smallest absolute Gasteiger partial charge is 0.0618 e. The van der Waals surface area contributed by atoms with Crippen LogP contribution in [0.1, 0.15) is 16.7 Å². The maximum absolute atomic E-state index is 2.31. The quantitative estimate of drug-likeness (QED) is 0.515. The van der Waals surface area contributed by atoms with Crippen molar-refractivity contribution in [3.8, 4) is 0 Å². The van der Waals surface area contributed by atoms with Crippen LogP contribution in [0.5, 0.6) is 0 Å². The van der Waals surface area contributed by atoms with E-state index in [1.807, 2.05) is 0 Å². The van der Waals surface area contributed by atoms with Gasteiger partial charge in [-0.2, -0.15) is 0 Å². The predicted molar refractivity (Wildman–Crippen MR) is 98.2 cm³/mol. The minimum atomic E-state index is -0.968. The average Bonchev–Trinajstić information content (AvgIpc) is 2.53. The SMILES string of the molecule is Cc1ccccc1[Si+](c1ccccc1C)c1ccccc1C. The van der Waals surface area contributed by atoms with E-state index in [1.54, 1.807) is 0 Å². The van der Waals surface area contributed by atoms with Gasteiger partial charge in [-0.05, 0) is 55.7 Å². The Morgan fingerprint density at radius 1 is 0.455 bits per heavy atom. The van der Waals surface area contributed by atoms with Gasteiger partial charge in [0.05, 0.1) is 0 Å². The number of benzene rings is 3. The molecule has 0 bridgehead atoms. The number of aryl methyl sites for hydroxylation is 3. The van der Waals surface area contributed by atoms with Gasteiger partial charge in [0.25, 0.3) is 0 Å². The normalized spacial score (nSPS) is 10.5. The zero-order chi connectivity index (χ0) is 15.5. The molecule has 22 heavy (non-hydrogen) atoms. The lowest BCUT2D eigenvalue weighted by Gasteiger charge is -2.09. The van der Waals surface area contributed by atoms with Crippen LogP contribution >= 0.6 is 0 Å². The highest BCUT2D eigenvalue weighted by Gasteiger charge is 2.39. The fourth-order valence-electron chi connectivity index (χ4n) is 3.00. The van der Waals surface area contributed by atoms with Crippen LogP contribution in [0.3, 0.4) is 0 Å². The van der Waals surface area contributed by atoms with E-state index in [0.717, 1.165) is 0 Å². The Bertz CT molecular complexity index is 681. The molecular weight excluding hydrogens is 280 g/mol. The average molecular weight is 301 g/mol. The van der Waals surface area contributed by atoms with E-state index in [-0.39, 0.29) is 0 Å². The van der Waals surface area contributed by atoms with Gasteiger partial charge in [0.2, 0.25) is 0 Å². The molecule has 0 aliphatic rings. The lowest BCUT2D eigenvalue weighted by Crippen LogP contribution is -2.54. The zero-order valence-electron chi connectivity index (χ0n) is 13.4. The van der Waals surface area contributed by atoms with Crippen molar-refractivity contribution in [2.75, 3.05) is 0 Å². The highest BCUT2D eigenvalue weighted by Crippen LogP contribution is 2.05. The molecule has 3 rings (SSSR count). The first-order chi connectivity index (χ1) is 10.7. The van der Waals surface area contributed by atoms with Gasteiger partial charge < -0.3 is 0 Å². The van der Waals surface area contributed by atoms with Crippen LogP contribution in [0.15, 0.2) is 72.8 Å². The third-order valence-electron chi connectivity index (χ3n) is 4.24. The summed E-state index contributed by atoms with van der Waals surface area (Å²) < 4.78 is 0. The van der Waals surface area contributed by atoms with E-state index in [9.17, 15) is 0 Å². The largest absolute Gasteiger partial charge is 0.429 e. The molecule has 0 unspecified atom stereocenters. The topological polar surface area (TPSA) is 0 Å². The Kier molecular flexibility index (Phi) is 4.26. The Morgan fingerprint density at radius 3 is 1.00 bits per heavy atom. The zero-order valence-corrected chi connectivity index (χ0v) is 14.4. The molecule has 0 saturated carbocycles. The van der Waals surface area contributed by atoms with Crippen LogP contribution < -0.4 is 15.6 Å². The first kappa shape index (κ1) is 14.8. The Balaban J connectivity index is 2.27. The van der Waals surface area contributed by atoms with Crippen molar-refractivity contribution in [3.63, 3.8) is 0 Å². The minimum absolute atomic E-state index is 0.968. The molecule has 108 valence electrons. The van der Waals surface area contributed by atoms with Gasteiger partial charge in [0.1, 0.15) is 15.6 Å². The molecule has 0 atom stereocenters. The molecule has 0 nitrogen and oxygen atoms in total. The van der Waals surface area contributed by atoms with Gasteiger partial charge in [-0.1, -0.05) is 54.6 Å². The second-order valence-electron chi connectivity index (χ2n) is 5.82. The van der Waals surface area contributed by atoms with Crippen LogP contribution in [-0.2, 0) is 0 Å². The molecule has 0 heterocycles. The fourth-order valence-corrected chi connectivity index (χ4v) is 6.09. The maximum atomic E-state index is 2.31. The first-order valence-corrected chi connectivity index (χ1v) is 9.23. The molecule has 0 aliphatic heterocycles. The summed E-state index contributed by atoms with van der Waals surface area (Å²) in [7, 11) is -0.968. The van der Waals surface area contributed by atoms with Gasteiger partial charge in [-0.3, -0.25) is 0 Å². The molecule has 0 radical (unpaired) electrons.